The highest BCUT2D eigenvalue weighted by Gasteiger charge is 2.50. The first kappa shape index (κ1) is 18.6. The molecule has 1 heterocycles. The average Bonchev–Trinajstić information content (AvgIpc) is 2.94. The number of rotatable bonds is 2. The molecule has 1 aliphatic rings. The highest BCUT2D eigenvalue weighted by atomic mass is 35.5. The van der Waals surface area contributed by atoms with Crippen molar-refractivity contribution in [1.82, 2.24) is 10.4 Å². The van der Waals surface area contributed by atoms with Crippen molar-refractivity contribution in [1.29, 1.82) is 0 Å². The number of benzene rings is 2. The maximum atomic E-state index is 13.2. The molecule has 1 amide bonds. The van der Waals surface area contributed by atoms with Gasteiger partial charge in [0.05, 0.1) is 0 Å². The average molecular weight is 403 g/mol. The van der Waals surface area contributed by atoms with E-state index in [-0.39, 0.29) is 16.1 Å². The van der Waals surface area contributed by atoms with Gasteiger partial charge in [-0.2, -0.15) is 13.2 Å². The zero-order chi connectivity index (χ0) is 19.1. The molecular weight excluding hydrogens is 392 g/mol. The van der Waals surface area contributed by atoms with E-state index in [9.17, 15) is 23.1 Å². The second-order valence-electron chi connectivity index (χ2n) is 5.55. The number of nitrogens with one attached hydrogen (secondary N) is 1. The number of halogens is 5. The van der Waals surface area contributed by atoms with Crippen molar-refractivity contribution < 1.29 is 23.1 Å². The number of amides is 1. The van der Waals surface area contributed by atoms with E-state index in [0.29, 0.717) is 16.1 Å². The summed E-state index contributed by atoms with van der Waals surface area (Å²) in [6.45, 7) is 0. The Morgan fingerprint density at radius 1 is 1.08 bits per heavy atom. The van der Waals surface area contributed by atoms with Gasteiger partial charge in [-0.1, -0.05) is 41.4 Å². The van der Waals surface area contributed by atoms with E-state index < -0.39 is 23.5 Å². The van der Waals surface area contributed by atoms with E-state index in [2.05, 4.69) is 0 Å². The predicted molar refractivity (Wildman–Crippen MR) is 90.2 cm³/mol. The van der Waals surface area contributed by atoms with Crippen molar-refractivity contribution in [3.63, 3.8) is 0 Å². The fourth-order valence-electron chi connectivity index (χ4n) is 2.51. The van der Waals surface area contributed by atoms with Crippen molar-refractivity contribution in [2.24, 2.45) is 0 Å². The smallest absolute Gasteiger partial charge is 0.362 e. The summed E-state index contributed by atoms with van der Waals surface area (Å²) >= 11 is 11.6. The highest BCUT2D eigenvalue weighted by molar-refractivity contribution is 6.31. The van der Waals surface area contributed by atoms with Crippen LogP contribution in [0.2, 0.25) is 10.0 Å². The van der Waals surface area contributed by atoms with Crippen LogP contribution >= 0.6 is 23.2 Å². The minimum Gasteiger partial charge on any atom is -0.362 e. The van der Waals surface area contributed by atoms with Gasteiger partial charge in [-0.25, -0.2) is 5.01 Å². The first-order chi connectivity index (χ1) is 12.1. The quantitative estimate of drug-likeness (QED) is 0.789. The SMILES string of the molecule is O=C(c1cccc(Cl)c1)N1NC(C(F)(F)F)=CC1(O)c1ccc(Cl)cc1. The highest BCUT2D eigenvalue weighted by Crippen LogP contribution is 2.38. The van der Waals surface area contributed by atoms with Crippen LogP contribution in [0, 0.1) is 0 Å². The molecule has 2 aromatic carbocycles. The second-order valence-corrected chi connectivity index (χ2v) is 6.42. The van der Waals surface area contributed by atoms with Crippen LogP contribution in [0.5, 0.6) is 0 Å². The van der Waals surface area contributed by atoms with Gasteiger partial charge in [-0.15, -0.1) is 0 Å². The van der Waals surface area contributed by atoms with E-state index in [1.54, 1.807) is 0 Å². The number of carbonyl (C=O) groups is 1. The molecule has 0 saturated heterocycles. The van der Waals surface area contributed by atoms with Crippen molar-refractivity contribution in [2.45, 2.75) is 11.9 Å². The molecule has 0 radical (unpaired) electrons. The Morgan fingerprint density at radius 2 is 1.73 bits per heavy atom. The van der Waals surface area contributed by atoms with E-state index >= 15 is 0 Å². The summed E-state index contributed by atoms with van der Waals surface area (Å²) in [7, 11) is 0. The number of nitrogens with zero attached hydrogens (tertiary/aromatic N) is 1. The van der Waals surface area contributed by atoms with Crippen molar-refractivity contribution in [3.05, 3.63) is 81.5 Å². The molecule has 0 bridgehead atoms. The zero-order valence-electron chi connectivity index (χ0n) is 12.9. The van der Waals surface area contributed by atoms with Crippen LogP contribution in [0.4, 0.5) is 13.2 Å². The zero-order valence-corrected chi connectivity index (χ0v) is 14.4. The minimum atomic E-state index is -4.79. The number of carbonyl (C=O) groups excluding carboxylic acids is 1. The van der Waals surface area contributed by atoms with E-state index in [0.717, 1.165) is 0 Å². The fraction of sp³-hybridized carbons (Fsp3) is 0.118. The van der Waals surface area contributed by atoms with E-state index in [1.165, 1.54) is 48.5 Å². The summed E-state index contributed by atoms with van der Waals surface area (Å²) in [5.74, 6) is -0.888. The fourth-order valence-corrected chi connectivity index (χ4v) is 2.83. The van der Waals surface area contributed by atoms with Gasteiger partial charge in [-0.05, 0) is 30.3 Å². The molecule has 2 N–H and O–H groups in total. The summed E-state index contributed by atoms with van der Waals surface area (Å²) in [4.78, 5) is 12.7. The molecule has 0 saturated carbocycles. The topological polar surface area (TPSA) is 52.6 Å². The van der Waals surface area contributed by atoms with Gasteiger partial charge in [0.15, 0.2) is 0 Å². The lowest BCUT2D eigenvalue weighted by Crippen LogP contribution is -2.51. The molecule has 1 unspecified atom stereocenters. The Hall–Kier alpha value is -2.22. The van der Waals surface area contributed by atoms with Gasteiger partial charge in [-0.3, -0.25) is 10.2 Å². The van der Waals surface area contributed by atoms with E-state index in [1.807, 2.05) is 5.43 Å². The van der Waals surface area contributed by atoms with Gasteiger partial charge in [0.1, 0.15) is 5.70 Å². The van der Waals surface area contributed by atoms with Gasteiger partial charge in [0.25, 0.3) is 5.91 Å². The molecule has 0 spiro atoms. The predicted octanol–water partition coefficient (Wildman–Crippen LogP) is 4.25. The number of allylic oxidation sites excluding steroid dienone is 1. The lowest BCUT2D eigenvalue weighted by molar-refractivity contribution is -0.104. The van der Waals surface area contributed by atoms with Gasteiger partial charge in [0.2, 0.25) is 5.72 Å². The summed E-state index contributed by atoms with van der Waals surface area (Å²) in [6, 6.07) is 11.1. The number of hydrazine groups is 1. The summed E-state index contributed by atoms with van der Waals surface area (Å²) in [5.41, 5.74) is -1.64. The lowest BCUT2D eigenvalue weighted by Gasteiger charge is -2.33. The monoisotopic (exact) mass is 402 g/mol. The minimum absolute atomic E-state index is 0.00853. The molecule has 0 aromatic heterocycles. The van der Waals surface area contributed by atoms with E-state index in [4.69, 9.17) is 23.2 Å². The maximum absolute atomic E-state index is 13.2. The number of hydrogen-bond donors (Lipinski definition) is 2. The van der Waals surface area contributed by atoms with Crippen LogP contribution in [0.1, 0.15) is 15.9 Å². The normalized spacial score (nSPS) is 19.9. The molecule has 26 heavy (non-hydrogen) atoms. The third-order valence-electron chi connectivity index (χ3n) is 3.77. The molecule has 9 heteroatoms. The Kier molecular flexibility index (Phi) is 4.64. The molecule has 0 fully saturated rings. The molecule has 4 nitrogen and oxygen atoms in total. The number of alkyl halides is 3. The van der Waals surface area contributed by atoms with Crippen molar-refractivity contribution in [3.8, 4) is 0 Å². The van der Waals surface area contributed by atoms with Crippen LogP contribution in [0.15, 0.2) is 60.3 Å². The summed E-state index contributed by atoms with van der Waals surface area (Å²) < 4.78 is 39.5. The largest absolute Gasteiger partial charge is 0.432 e. The Morgan fingerprint density at radius 3 is 2.31 bits per heavy atom. The van der Waals surface area contributed by atoms with Crippen molar-refractivity contribution >= 4 is 29.1 Å². The van der Waals surface area contributed by atoms with Crippen LogP contribution in [0.3, 0.4) is 0 Å². The van der Waals surface area contributed by atoms with Gasteiger partial charge >= 0.3 is 6.18 Å². The van der Waals surface area contributed by atoms with Gasteiger partial charge in [0, 0.05) is 27.2 Å². The van der Waals surface area contributed by atoms with Crippen LogP contribution in [0.25, 0.3) is 0 Å². The molecular formula is C17H11Cl2F3N2O2. The Balaban J connectivity index is 2.08. The molecule has 1 atom stereocenters. The Labute approximate surface area is 156 Å². The third-order valence-corrected chi connectivity index (χ3v) is 4.25. The van der Waals surface area contributed by atoms with Crippen LogP contribution in [-0.2, 0) is 5.72 Å². The first-order valence-electron chi connectivity index (χ1n) is 7.26. The number of aliphatic hydroxyl groups is 1. The molecule has 1 aliphatic heterocycles. The standard InChI is InChI=1S/C17H11Cl2F3N2O2/c18-12-6-4-11(5-7-12)16(26)9-14(17(20,21)22)23-24(16)15(25)10-2-1-3-13(19)8-10/h1-9,23,26H. The van der Waals surface area contributed by atoms with Crippen molar-refractivity contribution in [2.75, 3.05) is 0 Å². The van der Waals surface area contributed by atoms with Crippen LogP contribution in [-0.4, -0.2) is 22.2 Å². The molecule has 2 aromatic rings. The van der Waals surface area contributed by atoms with Gasteiger partial charge < -0.3 is 5.11 Å². The molecule has 136 valence electrons. The number of hydrogen-bond acceptors (Lipinski definition) is 3. The molecule has 0 aliphatic carbocycles. The lowest BCUT2D eigenvalue weighted by atomic mass is 10.0. The second kappa shape index (κ2) is 6.50. The maximum Gasteiger partial charge on any atom is 0.432 e. The van der Waals surface area contributed by atoms with Crippen LogP contribution < -0.4 is 5.43 Å². The summed E-state index contributed by atoms with van der Waals surface area (Å²) in [5, 5.41) is 12.0. The molecule has 3 rings (SSSR count). The summed E-state index contributed by atoms with van der Waals surface area (Å²) in [6.07, 6.45) is -4.25. The first-order valence-corrected chi connectivity index (χ1v) is 8.02. The Bertz CT molecular complexity index is 884. The third kappa shape index (κ3) is 3.38.